The zero-order chi connectivity index (χ0) is 10.4. The van der Waals surface area contributed by atoms with Crippen LogP contribution in [-0.4, -0.2) is 18.8 Å². The summed E-state index contributed by atoms with van der Waals surface area (Å²) in [5.74, 6) is 0.677. The molecular weight excluding hydrogens is 178 g/mol. The lowest BCUT2D eigenvalue weighted by atomic mass is 10.1. The van der Waals surface area contributed by atoms with Gasteiger partial charge in [-0.15, -0.1) is 0 Å². The fourth-order valence-corrected chi connectivity index (χ4v) is 1.13. The number of anilines is 1. The number of aliphatic hydroxyl groups excluding tert-OH is 1. The van der Waals surface area contributed by atoms with Crippen LogP contribution in [0.1, 0.15) is 12.0 Å². The summed E-state index contributed by atoms with van der Waals surface area (Å²) in [6.07, 6.45) is 4.50. The predicted octanol–water partition coefficient (Wildman–Crippen LogP) is 1.67. The van der Waals surface area contributed by atoms with Crippen LogP contribution >= 0.6 is 0 Å². The first-order valence-electron chi connectivity index (χ1n) is 4.49. The quantitative estimate of drug-likeness (QED) is 0.715. The fraction of sp³-hybridized carbons (Fsp3) is 0.273. The van der Waals surface area contributed by atoms with Crippen LogP contribution in [0, 0.1) is 0 Å². The molecule has 1 rings (SSSR count). The van der Waals surface area contributed by atoms with Crippen molar-refractivity contribution in [2.75, 3.05) is 19.5 Å². The van der Waals surface area contributed by atoms with Crippen LogP contribution in [0.15, 0.2) is 24.3 Å². The number of aliphatic hydroxyl groups is 1. The van der Waals surface area contributed by atoms with Crippen LogP contribution in [-0.2, 0) is 0 Å². The number of nitrogen functional groups attached to an aromatic ring is 1. The third kappa shape index (κ3) is 2.78. The van der Waals surface area contributed by atoms with Crippen molar-refractivity contribution in [3.63, 3.8) is 0 Å². The SMILES string of the molecule is COc1cc(C=CCCO)ccc1N. The largest absolute Gasteiger partial charge is 0.495 e. The maximum Gasteiger partial charge on any atom is 0.142 e. The Morgan fingerprint density at radius 2 is 2.29 bits per heavy atom. The van der Waals surface area contributed by atoms with Gasteiger partial charge in [0, 0.05) is 6.61 Å². The molecule has 0 radical (unpaired) electrons. The highest BCUT2D eigenvalue weighted by molar-refractivity contribution is 5.61. The number of rotatable bonds is 4. The van der Waals surface area contributed by atoms with E-state index < -0.39 is 0 Å². The number of ether oxygens (including phenoxy) is 1. The van der Waals surface area contributed by atoms with Crippen LogP contribution in [0.3, 0.4) is 0 Å². The number of hydrogen-bond donors (Lipinski definition) is 2. The minimum absolute atomic E-state index is 0.169. The average Bonchev–Trinajstić information content (AvgIpc) is 2.21. The minimum atomic E-state index is 0.169. The third-order valence-corrected chi connectivity index (χ3v) is 1.86. The number of hydrogen-bond acceptors (Lipinski definition) is 3. The molecule has 0 aromatic heterocycles. The van der Waals surface area contributed by atoms with Gasteiger partial charge in [-0.05, 0) is 24.1 Å². The lowest BCUT2D eigenvalue weighted by molar-refractivity contribution is 0.303. The van der Waals surface area contributed by atoms with Crippen molar-refractivity contribution in [3.8, 4) is 5.75 Å². The van der Waals surface area contributed by atoms with Crippen molar-refractivity contribution >= 4 is 11.8 Å². The molecule has 0 aliphatic rings. The second-order valence-electron chi connectivity index (χ2n) is 2.92. The standard InChI is InChI=1S/C11H15NO2/c1-14-11-8-9(4-2-3-7-13)5-6-10(11)12/h2,4-6,8,13H,3,7,12H2,1H3. The van der Waals surface area contributed by atoms with Gasteiger partial charge in [-0.1, -0.05) is 18.2 Å². The van der Waals surface area contributed by atoms with Crippen LogP contribution < -0.4 is 10.5 Å². The summed E-state index contributed by atoms with van der Waals surface area (Å²) < 4.78 is 5.08. The van der Waals surface area contributed by atoms with E-state index in [-0.39, 0.29) is 6.61 Å². The highest BCUT2D eigenvalue weighted by Crippen LogP contribution is 2.22. The first-order chi connectivity index (χ1) is 6.77. The molecule has 0 amide bonds. The van der Waals surface area contributed by atoms with Crippen molar-refractivity contribution in [1.29, 1.82) is 0 Å². The molecule has 0 saturated heterocycles. The van der Waals surface area contributed by atoms with Crippen molar-refractivity contribution in [2.24, 2.45) is 0 Å². The molecule has 3 N–H and O–H groups in total. The minimum Gasteiger partial charge on any atom is -0.495 e. The molecule has 0 aliphatic carbocycles. The summed E-state index contributed by atoms with van der Waals surface area (Å²) >= 11 is 0. The van der Waals surface area contributed by atoms with E-state index in [1.165, 1.54) is 0 Å². The van der Waals surface area contributed by atoms with Gasteiger partial charge in [0.25, 0.3) is 0 Å². The Bertz CT molecular complexity index is 321. The Labute approximate surface area is 83.8 Å². The van der Waals surface area contributed by atoms with Crippen molar-refractivity contribution in [2.45, 2.75) is 6.42 Å². The van der Waals surface area contributed by atoms with Crippen LogP contribution in [0.25, 0.3) is 6.08 Å². The Balaban J connectivity index is 2.79. The molecule has 1 aromatic carbocycles. The summed E-state index contributed by atoms with van der Waals surface area (Å²) in [6, 6.07) is 5.58. The molecule has 1 aromatic rings. The molecule has 0 bridgehead atoms. The molecular formula is C11H15NO2. The maximum absolute atomic E-state index is 8.59. The van der Waals surface area contributed by atoms with Crippen molar-refractivity contribution in [3.05, 3.63) is 29.8 Å². The first kappa shape index (κ1) is 10.6. The Morgan fingerprint density at radius 3 is 2.93 bits per heavy atom. The Morgan fingerprint density at radius 1 is 1.50 bits per heavy atom. The number of methoxy groups -OCH3 is 1. The highest BCUT2D eigenvalue weighted by atomic mass is 16.5. The summed E-state index contributed by atoms with van der Waals surface area (Å²) in [5, 5.41) is 8.59. The maximum atomic E-state index is 8.59. The lowest BCUT2D eigenvalue weighted by Gasteiger charge is -2.04. The monoisotopic (exact) mass is 193 g/mol. The molecule has 14 heavy (non-hydrogen) atoms. The van der Waals surface area contributed by atoms with Gasteiger partial charge in [-0.2, -0.15) is 0 Å². The molecule has 3 nitrogen and oxygen atoms in total. The second-order valence-corrected chi connectivity index (χ2v) is 2.92. The topological polar surface area (TPSA) is 55.5 Å². The van der Waals surface area contributed by atoms with Gasteiger partial charge in [0.2, 0.25) is 0 Å². The molecule has 0 fully saturated rings. The van der Waals surface area contributed by atoms with Gasteiger partial charge in [0.15, 0.2) is 0 Å². The van der Waals surface area contributed by atoms with Gasteiger partial charge < -0.3 is 15.6 Å². The molecule has 0 spiro atoms. The van der Waals surface area contributed by atoms with Gasteiger partial charge in [-0.25, -0.2) is 0 Å². The molecule has 76 valence electrons. The number of nitrogens with two attached hydrogens (primary N) is 1. The van der Waals surface area contributed by atoms with Gasteiger partial charge >= 0.3 is 0 Å². The van der Waals surface area contributed by atoms with Crippen LogP contribution in [0.2, 0.25) is 0 Å². The Hall–Kier alpha value is -1.48. The van der Waals surface area contributed by atoms with E-state index in [1.807, 2.05) is 24.3 Å². The van der Waals surface area contributed by atoms with E-state index in [0.29, 0.717) is 17.9 Å². The predicted molar refractivity (Wildman–Crippen MR) is 58.1 cm³/mol. The molecule has 0 aliphatic heterocycles. The van der Waals surface area contributed by atoms with Gasteiger partial charge in [-0.3, -0.25) is 0 Å². The van der Waals surface area contributed by atoms with E-state index in [0.717, 1.165) is 5.56 Å². The molecule has 0 heterocycles. The first-order valence-corrected chi connectivity index (χ1v) is 4.49. The Kier molecular flexibility index (Phi) is 4.01. The number of benzene rings is 1. The van der Waals surface area contributed by atoms with E-state index in [4.69, 9.17) is 15.6 Å². The summed E-state index contributed by atoms with van der Waals surface area (Å²) in [5.41, 5.74) is 7.32. The van der Waals surface area contributed by atoms with Crippen molar-refractivity contribution in [1.82, 2.24) is 0 Å². The van der Waals surface area contributed by atoms with E-state index in [2.05, 4.69) is 0 Å². The average molecular weight is 193 g/mol. The normalized spacial score (nSPS) is 10.7. The summed E-state index contributed by atoms with van der Waals surface area (Å²) in [7, 11) is 1.59. The zero-order valence-electron chi connectivity index (χ0n) is 8.23. The second kappa shape index (κ2) is 5.29. The van der Waals surface area contributed by atoms with E-state index in [1.54, 1.807) is 13.2 Å². The molecule has 0 unspecified atom stereocenters. The molecule has 3 heteroatoms. The van der Waals surface area contributed by atoms with Crippen molar-refractivity contribution < 1.29 is 9.84 Å². The summed E-state index contributed by atoms with van der Waals surface area (Å²) in [6.45, 7) is 0.169. The highest BCUT2D eigenvalue weighted by Gasteiger charge is 1.97. The fourth-order valence-electron chi connectivity index (χ4n) is 1.13. The van der Waals surface area contributed by atoms with Crippen LogP contribution in [0.4, 0.5) is 5.69 Å². The van der Waals surface area contributed by atoms with Gasteiger partial charge in [0.05, 0.1) is 12.8 Å². The molecule has 0 atom stereocenters. The zero-order valence-corrected chi connectivity index (χ0v) is 8.23. The molecule has 0 saturated carbocycles. The smallest absolute Gasteiger partial charge is 0.142 e. The van der Waals surface area contributed by atoms with E-state index in [9.17, 15) is 0 Å². The third-order valence-electron chi connectivity index (χ3n) is 1.86. The van der Waals surface area contributed by atoms with Gasteiger partial charge in [0.1, 0.15) is 5.75 Å². The van der Waals surface area contributed by atoms with E-state index >= 15 is 0 Å². The summed E-state index contributed by atoms with van der Waals surface area (Å²) in [4.78, 5) is 0. The van der Waals surface area contributed by atoms with Crippen LogP contribution in [0.5, 0.6) is 5.75 Å². The lowest BCUT2D eigenvalue weighted by Crippen LogP contribution is -1.92.